The monoisotopic (exact) mass is 292 g/mol. The van der Waals surface area contributed by atoms with Crippen molar-refractivity contribution in [3.8, 4) is 0 Å². The Hall–Kier alpha value is -1.16. The van der Waals surface area contributed by atoms with Gasteiger partial charge in [-0.2, -0.15) is 0 Å². The minimum Gasteiger partial charge on any atom is -0.335 e. The van der Waals surface area contributed by atoms with E-state index in [2.05, 4.69) is 24.5 Å². The van der Waals surface area contributed by atoms with Gasteiger partial charge in [0.1, 0.15) is 0 Å². The topological polar surface area (TPSA) is 41.1 Å². The molecule has 0 spiro atoms. The van der Waals surface area contributed by atoms with E-state index >= 15 is 0 Å². The van der Waals surface area contributed by atoms with Gasteiger partial charge in [0, 0.05) is 16.6 Å². The molecule has 3 atom stereocenters. The molecule has 1 fully saturated rings. The fourth-order valence-corrected chi connectivity index (χ4v) is 3.28. The normalized spacial score (nSPS) is 26.1. The Labute approximate surface area is 125 Å². The van der Waals surface area contributed by atoms with Crippen molar-refractivity contribution >= 4 is 23.5 Å². The molecule has 20 heavy (non-hydrogen) atoms. The molecule has 0 unspecified atom stereocenters. The van der Waals surface area contributed by atoms with Gasteiger partial charge in [-0.1, -0.05) is 32.8 Å². The highest BCUT2D eigenvalue weighted by Crippen LogP contribution is 2.29. The summed E-state index contributed by atoms with van der Waals surface area (Å²) in [4.78, 5) is 13.3. The second-order valence-electron chi connectivity index (χ2n) is 5.70. The highest BCUT2D eigenvalue weighted by molar-refractivity contribution is 7.98. The van der Waals surface area contributed by atoms with Crippen LogP contribution in [-0.4, -0.2) is 18.3 Å². The lowest BCUT2D eigenvalue weighted by Crippen LogP contribution is -2.45. The number of thioether (sulfide) groups is 1. The Kier molecular flexibility index (Phi) is 5.35. The first-order valence-corrected chi connectivity index (χ1v) is 8.54. The Morgan fingerprint density at radius 2 is 2.10 bits per heavy atom. The number of hydrogen-bond donors (Lipinski definition) is 2. The Balaban J connectivity index is 1.91. The second kappa shape index (κ2) is 7.02. The first-order chi connectivity index (χ1) is 9.60. The maximum Gasteiger partial charge on any atom is 0.319 e. The van der Waals surface area contributed by atoms with Crippen LogP contribution in [0.3, 0.4) is 0 Å². The molecule has 0 bridgehead atoms. The van der Waals surface area contributed by atoms with Crippen molar-refractivity contribution in [1.29, 1.82) is 0 Å². The van der Waals surface area contributed by atoms with Crippen LogP contribution in [0, 0.1) is 11.8 Å². The maximum absolute atomic E-state index is 12.1. The van der Waals surface area contributed by atoms with Gasteiger partial charge < -0.3 is 10.6 Å². The van der Waals surface area contributed by atoms with Crippen LogP contribution >= 0.6 is 11.8 Å². The summed E-state index contributed by atoms with van der Waals surface area (Å²) in [6.45, 7) is 4.52. The van der Waals surface area contributed by atoms with Gasteiger partial charge in [0.25, 0.3) is 0 Å². The van der Waals surface area contributed by atoms with Gasteiger partial charge in [-0.3, -0.25) is 0 Å². The molecule has 3 nitrogen and oxygen atoms in total. The van der Waals surface area contributed by atoms with Crippen molar-refractivity contribution in [3.05, 3.63) is 24.3 Å². The molecule has 1 aliphatic rings. The van der Waals surface area contributed by atoms with E-state index in [9.17, 15) is 4.79 Å². The third kappa shape index (κ3) is 3.92. The maximum atomic E-state index is 12.1. The zero-order valence-electron chi connectivity index (χ0n) is 12.5. The van der Waals surface area contributed by atoms with Crippen LogP contribution in [0.25, 0.3) is 0 Å². The van der Waals surface area contributed by atoms with Gasteiger partial charge in [0.2, 0.25) is 0 Å². The number of benzene rings is 1. The largest absolute Gasteiger partial charge is 0.335 e. The summed E-state index contributed by atoms with van der Waals surface area (Å²) in [5.74, 6) is 1.24. The standard InChI is InChI=1S/C16H24N2OS/c1-11-6-4-9-15(12(11)2)18-16(19)17-13-7-5-8-14(10-13)20-3/h5,7-8,10-12,15H,4,6,9H2,1-3H3,(H2,17,18,19)/t11-,12+,15-/m1/s1. The summed E-state index contributed by atoms with van der Waals surface area (Å²) in [7, 11) is 0. The summed E-state index contributed by atoms with van der Waals surface area (Å²) in [6, 6.07) is 8.13. The van der Waals surface area contributed by atoms with Gasteiger partial charge in [-0.25, -0.2) is 4.79 Å². The van der Waals surface area contributed by atoms with Gasteiger partial charge in [0.05, 0.1) is 0 Å². The third-order valence-corrected chi connectivity index (χ3v) is 5.08. The lowest BCUT2D eigenvalue weighted by Gasteiger charge is -2.34. The van der Waals surface area contributed by atoms with Gasteiger partial charge in [0.15, 0.2) is 0 Å². The molecule has 0 aromatic heterocycles. The van der Waals surface area contributed by atoms with Crippen LogP contribution in [0.1, 0.15) is 33.1 Å². The molecule has 1 aliphatic carbocycles. The van der Waals surface area contributed by atoms with E-state index < -0.39 is 0 Å². The van der Waals surface area contributed by atoms with Crippen molar-refractivity contribution in [2.24, 2.45) is 11.8 Å². The minimum absolute atomic E-state index is 0.0887. The molecule has 0 aliphatic heterocycles. The van der Waals surface area contributed by atoms with E-state index in [0.29, 0.717) is 17.9 Å². The smallest absolute Gasteiger partial charge is 0.319 e. The Morgan fingerprint density at radius 1 is 1.30 bits per heavy atom. The molecule has 2 rings (SSSR count). The molecular formula is C16H24N2OS. The van der Waals surface area contributed by atoms with Crippen LogP contribution in [0.4, 0.5) is 10.5 Å². The molecule has 1 aromatic carbocycles. The van der Waals surface area contributed by atoms with E-state index in [4.69, 9.17) is 0 Å². The summed E-state index contributed by atoms with van der Waals surface area (Å²) < 4.78 is 0. The first-order valence-electron chi connectivity index (χ1n) is 7.31. The molecule has 4 heteroatoms. The van der Waals surface area contributed by atoms with E-state index in [1.807, 2.05) is 30.5 Å². The van der Waals surface area contributed by atoms with E-state index in [1.54, 1.807) is 11.8 Å². The lowest BCUT2D eigenvalue weighted by atomic mass is 9.78. The van der Waals surface area contributed by atoms with Crippen molar-refractivity contribution < 1.29 is 4.79 Å². The average molecular weight is 292 g/mol. The number of anilines is 1. The Morgan fingerprint density at radius 3 is 2.85 bits per heavy atom. The van der Waals surface area contributed by atoms with Crippen LogP contribution in [0.15, 0.2) is 29.2 Å². The molecule has 110 valence electrons. The van der Waals surface area contributed by atoms with Crippen LogP contribution < -0.4 is 10.6 Å². The number of urea groups is 1. The fourth-order valence-electron chi connectivity index (χ4n) is 2.82. The van der Waals surface area contributed by atoms with Crippen molar-refractivity contribution in [3.63, 3.8) is 0 Å². The van der Waals surface area contributed by atoms with Crippen LogP contribution in [0.5, 0.6) is 0 Å². The number of nitrogens with one attached hydrogen (secondary N) is 2. The van der Waals surface area contributed by atoms with Gasteiger partial charge >= 0.3 is 6.03 Å². The third-order valence-electron chi connectivity index (χ3n) is 4.35. The molecular weight excluding hydrogens is 268 g/mol. The fraction of sp³-hybridized carbons (Fsp3) is 0.562. The number of amides is 2. The number of rotatable bonds is 3. The lowest BCUT2D eigenvalue weighted by molar-refractivity contribution is 0.201. The second-order valence-corrected chi connectivity index (χ2v) is 6.58. The molecule has 0 heterocycles. The molecule has 1 saturated carbocycles. The average Bonchev–Trinajstić information content (AvgIpc) is 2.44. The molecule has 1 aromatic rings. The summed E-state index contributed by atoms with van der Waals surface area (Å²) in [6.07, 6.45) is 5.60. The highest BCUT2D eigenvalue weighted by atomic mass is 32.2. The summed E-state index contributed by atoms with van der Waals surface area (Å²) in [5, 5.41) is 6.06. The van der Waals surface area contributed by atoms with E-state index in [1.165, 1.54) is 12.8 Å². The highest BCUT2D eigenvalue weighted by Gasteiger charge is 2.28. The molecule has 2 N–H and O–H groups in total. The molecule has 0 radical (unpaired) electrons. The summed E-state index contributed by atoms with van der Waals surface area (Å²) in [5.41, 5.74) is 0.853. The van der Waals surface area contributed by atoms with Crippen molar-refractivity contribution in [2.45, 2.75) is 44.0 Å². The zero-order chi connectivity index (χ0) is 14.5. The van der Waals surface area contributed by atoms with Gasteiger partial charge in [-0.15, -0.1) is 11.8 Å². The molecule has 2 amide bonds. The van der Waals surface area contributed by atoms with Crippen LogP contribution in [0.2, 0.25) is 0 Å². The zero-order valence-corrected chi connectivity index (χ0v) is 13.3. The number of hydrogen-bond acceptors (Lipinski definition) is 2. The van der Waals surface area contributed by atoms with Gasteiger partial charge in [-0.05, 0) is 42.7 Å². The first kappa shape index (κ1) is 15.2. The summed E-state index contributed by atoms with van der Waals surface area (Å²) >= 11 is 1.67. The number of carbonyl (C=O) groups is 1. The number of carbonyl (C=O) groups excluding carboxylic acids is 1. The van der Waals surface area contributed by atoms with Crippen LogP contribution in [-0.2, 0) is 0 Å². The quantitative estimate of drug-likeness (QED) is 0.813. The van der Waals surface area contributed by atoms with Crippen molar-refractivity contribution in [1.82, 2.24) is 5.32 Å². The van der Waals surface area contributed by atoms with Crippen molar-refractivity contribution in [2.75, 3.05) is 11.6 Å². The molecule has 0 saturated heterocycles. The SMILES string of the molecule is CSc1cccc(NC(=O)N[C@@H]2CCC[C@@H](C)[C@@H]2C)c1. The predicted molar refractivity (Wildman–Crippen MR) is 86.3 cm³/mol. The predicted octanol–water partition coefficient (Wildman–Crippen LogP) is 4.35. The van der Waals surface area contributed by atoms with E-state index in [0.717, 1.165) is 17.0 Å². The minimum atomic E-state index is -0.0887. The Bertz CT molecular complexity index is 464. The van der Waals surface area contributed by atoms with E-state index in [-0.39, 0.29) is 6.03 Å².